The van der Waals surface area contributed by atoms with Gasteiger partial charge in [0.1, 0.15) is 0 Å². The van der Waals surface area contributed by atoms with Crippen molar-refractivity contribution in [2.24, 2.45) is 5.92 Å². The largest absolute Gasteiger partial charge is 0.469 e. The van der Waals surface area contributed by atoms with Crippen LogP contribution in [0.5, 0.6) is 0 Å². The Kier molecular flexibility index (Phi) is 6.67. The van der Waals surface area contributed by atoms with Crippen molar-refractivity contribution in [2.75, 3.05) is 32.7 Å². The summed E-state index contributed by atoms with van der Waals surface area (Å²) >= 11 is 1.55. The van der Waals surface area contributed by atoms with Crippen LogP contribution in [0.2, 0.25) is 0 Å². The Labute approximate surface area is 112 Å². The van der Waals surface area contributed by atoms with Gasteiger partial charge in [-0.3, -0.25) is 4.79 Å². The zero-order chi connectivity index (χ0) is 13.4. The van der Waals surface area contributed by atoms with Gasteiger partial charge in [-0.15, -0.1) is 11.3 Å². The summed E-state index contributed by atoms with van der Waals surface area (Å²) in [6.45, 7) is 3.67. The van der Waals surface area contributed by atoms with Crippen LogP contribution in [0, 0.1) is 5.92 Å². The maximum atomic E-state index is 11.0. The number of aryl methyl sites for hydroxylation is 1. The highest BCUT2D eigenvalue weighted by Crippen LogP contribution is 2.17. The molecule has 1 atom stereocenters. The van der Waals surface area contributed by atoms with Crippen LogP contribution in [0.15, 0.2) is 5.38 Å². The van der Waals surface area contributed by atoms with E-state index < -0.39 is 0 Å². The fourth-order valence-corrected chi connectivity index (χ4v) is 2.20. The summed E-state index contributed by atoms with van der Waals surface area (Å²) in [6, 6.07) is 0. The van der Waals surface area contributed by atoms with E-state index in [0.29, 0.717) is 18.8 Å². The smallest absolute Gasteiger partial charge is 0.305 e. The summed E-state index contributed by atoms with van der Waals surface area (Å²) in [6.07, 6.45) is 0.998. The lowest BCUT2D eigenvalue weighted by Crippen LogP contribution is -2.15. The van der Waals surface area contributed by atoms with Gasteiger partial charge in [0.2, 0.25) is 0 Å². The van der Waals surface area contributed by atoms with Crippen molar-refractivity contribution < 1.29 is 14.3 Å². The topological polar surface area (TPSA) is 60.5 Å². The molecule has 18 heavy (non-hydrogen) atoms. The Morgan fingerprint density at radius 3 is 3.00 bits per heavy atom. The normalized spacial score (nSPS) is 12.2. The van der Waals surface area contributed by atoms with Crippen LogP contribution >= 0.6 is 11.3 Å². The molecule has 0 saturated carbocycles. The van der Waals surface area contributed by atoms with Gasteiger partial charge in [0, 0.05) is 25.5 Å². The minimum absolute atomic E-state index is 0.203. The summed E-state index contributed by atoms with van der Waals surface area (Å²) in [4.78, 5) is 15.4. The number of thiazole rings is 1. The molecule has 1 N–H and O–H groups in total. The zero-order valence-corrected chi connectivity index (χ0v) is 11.9. The molecule has 0 saturated heterocycles. The van der Waals surface area contributed by atoms with Crippen LogP contribution in [0.4, 0.5) is 5.13 Å². The number of nitrogens with zero attached hydrogens (tertiary/aromatic N) is 1. The summed E-state index contributed by atoms with van der Waals surface area (Å²) in [5.41, 5.74) is 0.923. The predicted octanol–water partition coefficient (Wildman–Crippen LogP) is 1.94. The number of hydrogen-bond acceptors (Lipinski definition) is 6. The average molecular weight is 272 g/mol. The minimum atomic E-state index is -0.203. The van der Waals surface area contributed by atoms with Crippen molar-refractivity contribution in [3.05, 3.63) is 11.1 Å². The number of carbonyl (C=O) groups excluding carboxylic acids is 1. The third kappa shape index (κ3) is 5.46. The molecule has 0 aliphatic carbocycles. The molecule has 0 spiro atoms. The molecule has 0 aliphatic heterocycles. The Hall–Kier alpha value is -1.14. The van der Waals surface area contributed by atoms with Gasteiger partial charge in [0.15, 0.2) is 5.13 Å². The second-order valence-corrected chi connectivity index (χ2v) is 5.02. The van der Waals surface area contributed by atoms with Gasteiger partial charge in [0.25, 0.3) is 0 Å². The van der Waals surface area contributed by atoms with Crippen LogP contribution in [0.1, 0.15) is 19.0 Å². The molecule has 102 valence electrons. The molecule has 1 aromatic rings. The third-order valence-corrected chi connectivity index (χ3v) is 3.27. The van der Waals surface area contributed by atoms with Crippen molar-refractivity contribution in [2.45, 2.75) is 19.8 Å². The number of aromatic nitrogens is 1. The van der Waals surface area contributed by atoms with E-state index in [1.54, 1.807) is 18.4 Å². The highest BCUT2D eigenvalue weighted by Gasteiger charge is 2.07. The number of rotatable bonds is 8. The molecule has 1 heterocycles. The van der Waals surface area contributed by atoms with E-state index in [0.717, 1.165) is 24.0 Å². The fourth-order valence-electron chi connectivity index (χ4n) is 1.44. The van der Waals surface area contributed by atoms with Crippen molar-refractivity contribution >= 4 is 22.4 Å². The molecular formula is C12H20N2O3S. The SMILES string of the molecule is COCC(C)CNc1nc(CCC(=O)OC)cs1. The molecule has 5 nitrogen and oxygen atoms in total. The third-order valence-electron chi connectivity index (χ3n) is 2.42. The van der Waals surface area contributed by atoms with Gasteiger partial charge in [-0.2, -0.15) is 0 Å². The van der Waals surface area contributed by atoms with Crippen LogP contribution in [0.3, 0.4) is 0 Å². The first-order valence-corrected chi connectivity index (χ1v) is 6.77. The minimum Gasteiger partial charge on any atom is -0.469 e. The van der Waals surface area contributed by atoms with Crippen LogP contribution in [0.25, 0.3) is 0 Å². The molecule has 0 bridgehead atoms. The number of hydrogen-bond donors (Lipinski definition) is 1. The lowest BCUT2D eigenvalue weighted by atomic mass is 10.2. The number of anilines is 1. The summed E-state index contributed by atoms with van der Waals surface area (Å²) in [5, 5.41) is 6.11. The van der Waals surface area contributed by atoms with E-state index >= 15 is 0 Å². The van der Waals surface area contributed by atoms with Crippen molar-refractivity contribution in [3.8, 4) is 0 Å². The van der Waals surface area contributed by atoms with Crippen LogP contribution in [-0.4, -0.2) is 38.3 Å². The first-order valence-electron chi connectivity index (χ1n) is 5.89. The molecule has 6 heteroatoms. The lowest BCUT2D eigenvalue weighted by Gasteiger charge is -2.10. The number of esters is 1. The summed E-state index contributed by atoms with van der Waals surface area (Å²) in [7, 11) is 3.10. The summed E-state index contributed by atoms with van der Waals surface area (Å²) in [5.74, 6) is 0.239. The molecule has 0 fully saturated rings. The molecule has 0 aromatic carbocycles. The monoisotopic (exact) mass is 272 g/mol. The quantitative estimate of drug-likeness (QED) is 0.733. The highest BCUT2D eigenvalue weighted by atomic mass is 32.1. The van der Waals surface area contributed by atoms with Gasteiger partial charge in [0.05, 0.1) is 25.8 Å². The second-order valence-electron chi connectivity index (χ2n) is 4.16. The first kappa shape index (κ1) is 14.9. The number of carbonyl (C=O) groups is 1. The van der Waals surface area contributed by atoms with Gasteiger partial charge in [-0.25, -0.2) is 4.98 Å². The van der Waals surface area contributed by atoms with Gasteiger partial charge >= 0.3 is 5.97 Å². The summed E-state index contributed by atoms with van der Waals surface area (Å²) < 4.78 is 9.66. The Morgan fingerprint density at radius 1 is 1.56 bits per heavy atom. The average Bonchev–Trinajstić information content (AvgIpc) is 2.82. The molecule has 0 amide bonds. The number of methoxy groups -OCH3 is 2. The van der Waals surface area contributed by atoms with Gasteiger partial charge in [-0.05, 0) is 5.92 Å². The maximum Gasteiger partial charge on any atom is 0.305 e. The predicted molar refractivity (Wildman–Crippen MR) is 72.0 cm³/mol. The first-order chi connectivity index (χ1) is 8.65. The van der Waals surface area contributed by atoms with Crippen molar-refractivity contribution in [1.82, 2.24) is 4.98 Å². The van der Waals surface area contributed by atoms with Gasteiger partial charge in [-0.1, -0.05) is 6.92 Å². The molecular weight excluding hydrogens is 252 g/mol. The van der Waals surface area contributed by atoms with E-state index in [-0.39, 0.29) is 5.97 Å². The molecule has 1 unspecified atom stereocenters. The highest BCUT2D eigenvalue weighted by molar-refractivity contribution is 7.13. The molecule has 1 rings (SSSR count). The lowest BCUT2D eigenvalue weighted by molar-refractivity contribution is -0.140. The number of nitrogens with one attached hydrogen (secondary N) is 1. The van der Waals surface area contributed by atoms with Crippen LogP contribution in [-0.2, 0) is 20.7 Å². The Bertz CT molecular complexity index is 368. The molecule has 0 radical (unpaired) electrons. The zero-order valence-electron chi connectivity index (χ0n) is 11.1. The molecule has 0 aliphatic rings. The maximum absolute atomic E-state index is 11.0. The second kappa shape index (κ2) is 8.05. The number of ether oxygens (including phenoxy) is 2. The fraction of sp³-hybridized carbons (Fsp3) is 0.667. The van der Waals surface area contributed by atoms with E-state index in [4.69, 9.17) is 4.74 Å². The van der Waals surface area contributed by atoms with E-state index in [1.165, 1.54) is 7.11 Å². The standard InChI is InChI=1S/C12H20N2O3S/c1-9(7-16-2)6-13-12-14-10(8-18-12)4-5-11(15)17-3/h8-9H,4-7H2,1-3H3,(H,13,14). The van der Waals surface area contributed by atoms with Crippen molar-refractivity contribution in [3.63, 3.8) is 0 Å². The van der Waals surface area contributed by atoms with E-state index in [9.17, 15) is 4.79 Å². The van der Waals surface area contributed by atoms with Crippen LogP contribution < -0.4 is 5.32 Å². The van der Waals surface area contributed by atoms with E-state index in [2.05, 4.69) is 22.0 Å². The van der Waals surface area contributed by atoms with Crippen molar-refractivity contribution in [1.29, 1.82) is 0 Å². The molecule has 1 aromatic heterocycles. The Morgan fingerprint density at radius 2 is 2.33 bits per heavy atom. The van der Waals surface area contributed by atoms with E-state index in [1.807, 2.05) is 5.38 Å². The van der Waals surface area contributed by atoms with Gasteiger partial charge < -0.3 is 14.8 Å². The Balaban J connectivity index is 2.32.